The summed E-state index contributed by atoms with van der Waals surface area (Å²) in [6.07, 6.45) is -1.79. The summed E-state index contributed by atoms with van der Waals surface area (Å²) >= 11 is 0. The van der Waals surface area contributed by atoms with Gasteiger partial charge in [-0.15, -0.1) is 0 Å². The van der Waals surface area contributed by atoms with E-state index in [1.165, 1.54) is 16.8 Å². The highest BCUT2D eigenvalue weighted by molar-refractivity contribution is 5.77. The van der Waals surface area contributed by atoms with E-state index in [2.05, 4.69) is 10.4 Å². The molecule has 2 aromatic rings. The predicted octanol–water partition coefficient (Wildman–Crippen LogP) is 1.95. The quantitative estimate of drug-likeness (QED) is 0.830. The van der Waals surface area contributed by atoms with Crippen molar-refractivity contribution in [2.45, 2.75) is 32.0 Å². The van der Waals surface area contributed by atoms with Crippen molar-refractivity contribution in [2.75, 3.05) is 13.2 Å². The Hall–Kier alpha value is -2.84. The Morgan fingerprint density at radius 1 is 1.26 bits per heavy atom. The van der Waals surface area contributed by atoms with Gasteiger partial charge in [0, 0.05) is 12.6 Å². The van der Waals surface area contributed by atoms with Crippen LogP contribution in [0.1, 0.15) is 23.2 Å². The van der Waals surface area contributed by atoms with Gasteiger partial charge in [-0.05, 0) is 43.0 Å². The average Bonchev–Trinajstić information content (AvgIpc) is 3.06. The molecule has 1 aromatic carbocycles. The minimum absolute atomic E-state index is 0.0449. The number of benzene rings is 1. The maximum Gasteiger partial charge on any atom is 0.416 e. The van der Waals surface area contributed by atoms with Crippen LogP contribution in [0.4, 0.5) is 13.2 Å². The van der Waals surface area contributed by atoms with E-state index in [9.17, 15) is 22.8 Å². The molecule has 1 aromatic heterocycles. The summed E-state index contributed by atoms with van der Waals surface area (Å²) in [5.41, 5.74) is 0.830. The number of ether oxygens (including phenoxy) is 1. The SMILES string of the molecule is O=C(COc1cccc(C(F)(F)F)c1)NCCn1nc2c(cc1=O)CCC2. The van der Waals surface area contributed by atoms with E-state index >= 15 is 0 Å². The summed E-state index contributed by atoms with van der Waals surface area (Å²) < 4.78 is 44.3. The maximum atomic E-state index is 12.6. The fraction of sp³-hybridized carbons (Fsp3) is 0.389. The van der Waals surface area contributed by atoms with Crippen LogP contribution >= 0.6 is 0 Å². The molecule has 1 aliphatic carbocycles. The second-order valence-electron chi connectivity index (χ2n) is 6.20. The van der Waals surface area contributed by atoms with Crippen LogP contribution in [-0.2, 0) is 30.4 Å². The molecule has 1 heterocycles. The number of amides is 1. The van der Waals surface area contributed by atoms with E-state index in [4.69, 9.17) is 4.74 Å². The standard InChI is InChI=1S/C18H18F3N3O3/c19-18(20,21)13-4-2-5-14(10-13)27-11-16(25)22-7-8-24-17(26)9-12-3-1-6-15(12)23-24/h2,4-5,9-10H,1,3,6-8,11H2,(H,22,25). The number of nitrogens with one attached hydrogen (secondary N) is 1. The fourth-order valence-corrected chi connectivity index (χ4v) is 2.86. The molecule has 0 fully saturated rings. The molecule has 3 rings (SSSR count). The Bertz CT molecular complexity index is 893. The number of fused-ring (bicyclic) bond motifs is 1. The molecule has 9 heteroatoms. The molecule has 0 bridgehead atoms. The zero-order chi connectivity index (χ0) is 19.4. The van der Waals surface area contributed by atoms with Gasteiger partial charge in [-0.2, -0.15) is 18.3 Å². The van der Waals surface area contributed by atoms with E-state index < -0.39 is 24.3 Å². The van der Waals surface area contributed by atoms with Crippen LogP contribution in [0.15, 0.2) is 35.1 Å². The van der Waals surface area contributed by atoms with Crippen molar-refractivity contribution in [3.05, 3.63) is 57.5 Å². The number of aryl methyl sites for hydroxylation is 2. The molecule has 27 heavy (non-hydrogen) atoms. The molecule has 1 amide bonds. The predicted molar refractivity (Wildman–Crippen MR) is 90.5 cm³/mol. The lowest BCUT2D eigenvalue weighted by molar-refractivity contribution is -0.137. The van der Waals surface area contributed by atoms with Gasteiger partial charge in [-0.3, -0.25) is 9.59 Å². The summed E-state index contributed by atoms with van der Waals surface area (Å²) in [4.78, 5) is 23.7. The van der Waals surface area contributed by atoms with Gasteiger partial charge >= 0.3 is 6.18 Å². The molecule has 1 N–H and O–H groups in total. The van der Waals surface area contributed by atoms with Gasteiger partial charge in [0.15, 0.2) is 6.61 Å². The Labute approximate surface area is 153 Å². The van der Waals surface area contributed by atoms with Gasteiger partial charge in [0.25, 0.3) is 11.5 Å². The van der Waals surface area contributed by atoms with Crippen LogP contribution in [-0.4, -0.2) is 28.8 Å². The number of rotatable bonds is 6. The number of halogens is 3. The maximum absolute atomic E-state index is 12.6. The van der Waals surface area contributed by atoms with Crippen molar-refractivity contribution in [3.8, 4) is 5.75 Å². The van der Waals surface area contributed by atoms with E-state index in [-0.39, 0.29) is 24.4 Å². The molecule has 0 saturated heterocycles. The Kier molecular flexibility index (Phi) is 5.48. The first-order valence-corrected chi connectivity index (χ1v) is 8.49. The highest BCUT2D eigenvalue weighted by Gasteiger charge is 2.30. The first-order chi connectivity index (χ1) is 12.8. The van der Waals surface area contributed by atoms with Crippen molar-refractivity contribution < 1.29 is 22.7 Å². The molecule has 0 radical (unpaired) electrons. The van der Waals surface area contributed by atoms with Gasteiger partial charge in [0.1, 0.15) is 5.75 Å². The van der Waals surface area contributed by atoms with Gasteiger partial charge in [0.2, 0.25) is 0 Å². The number of nitrogens with zero attached hydrogens (tertiary/aromatic N) is 2. The third-order valence-corrected chi connectivity index (χ3v) is 4.20. The van der Waals surface area contributed by atoms with Crippen molar-refractivity contribution in [2.24, 2.45) is 0 Å². The molecule has 0 unspecified atom stereocenters. The Morgan fingerprint density at radius 3 is 2.85 bits per heavy atom. The number of alkyl halides is 3. The van der Waals surface area contributed by atoms with Crippen molar-refractivity contribution >= 4 is 5.91 Å². The zero-order valence-electron chi connectivity index (χ0n) is 14.4. The lowest BCUT2D eigenvalue weighted by Gasteiger charge is -2.11. The Balaban J connectivity index is 1.47. The molecular formula is C18H18F3N3O3. The van der Waals surface area contributed by atoms with Crippen LogP contribution in [0.2, 0.25) is 0 Å². The molecule has 144 valence electrons. The minimum atomic E-state index is -4.47. The number of carbonyl (C=O) groups is 1. The van der Waals surface area contributed by atoms with E-state index in [1.54, 1.807) is 6.07 Å². The van der Waals surface area contributed by atoms with Gasteiger partial charge in [-0.25, -0.2) is 4.68 Å². The smallest absolute Gasteiger partial charge is 0.416 e. The van der Waals surface area contributed by atoms with E-state index in [0.717, 1.165) is 42.7 Å². The molecule has 0 saturated carbocycles. The van der Waals surface area contributed by atoms with Crippen LogP contribution < -0.4 is 15.6 Å². The summed E-state index contributed by atoms with van der Waals surface area (Å²) in [6.45, 7) is -0.0499. The number of carbonyl (C=O) groups excluding carboxylic acids is 1. The molecule has 0 aliphatic heterocycles. The molecular weight excluding hydrogens is 363 g/mol. The zero-order valence-corrected chi connectivity index (χ0v) is 14.4. The third-order valence-electron chi connectivity index (χ3n) is 4.20. The minimum Gasteiger partial charge on any atom is -0.484 e. The summed E-state index contributed by atoms with van der Waals surface area (Å²) in [7, 11) is 0. The van der Waals surface area contributed by atoms with Gasteiger partial charge in [0.05, 0.1) is 17.8 Å². The molecule has 0 spiro atoms. The number of aromatic nitrogens is 2. The Morgan fingerprint density at radius 2 is 2.07 bits per heavy atom. The van der Waals surface area contributed by atoms with E-state index in [1.807, 2.05) is 0 Å². The van der Waals surface area contributed by atoms with Crippen LogP contribution in [0.25, 0.3) is 0 Å². The van der Waals surface area contributed by atoms with Crippen LogP contribution in [0, 0.1) is 0 Å². The topological polar surface area (TPSA) is 73.2 Å². The molecule has 6 nitrogen and oxygen atoms in total. The lowest BCUT2D eigenvalue weighted by Crippen LogP contribution is -2.34. The largest absolute Gasteiger partial charge is 0.484 e. The van der Waals surface area contributed by atoms with E-state index in [0.29, 0.717) is 0 Å². The number of hydrogen-bond acceptors (Lipinski definition) is 4. The summed E-state index contributed by atoms with van der Waals surface area (Å²) in [6, 6.07) is 5.89. The van der Waals surface area contributed by atoms with Gasteiger partial charge < -0.3 is 10.1 Å². The third kappa shape index (κ3) is 4.87. The van der Waals surface area contributed by atoms with Crippen molar-refractivity contribution in [1.29, 1.82) is 0 Å². The summed E-state index contributed by atoms with van der Waals surface area (Å²) in [5, 5.41) is 6.85. The fourth-order valence-electron chi connectivity index (χ4n) is 2.86. The second kappa shape index (κ2) is 7.81. The van der Waals surface area contributed by atoms with Crippen molar-refractivity contribution in [3.63, 3.8) is 0 Å². The van der Waals surface area contributed by atoms with Crippen molar-refractivity contribution in [1.82, 2.24) is 15.1 Å². The monoisotopic (exact) mass is 381 g/mol. The lowest BCUT2D eigenvalue weighted by atomic mass is 10.2. The first-order valence-electron chi connectivity index (χ1n) is 8.49. The molecule has 0 atom stereocenters. The van der Waals surface area contributed by atoms with Gasteiger partial charge in [-0.1, -0.05) is 6.07 Å². The van der Waals surface area contributed by atoms with Crippen LogP contribution in [0.3, 0.4) is 0 Å². The van der Waals surface area contributed by atoms with Crippen LogP contribution in [0.5, 0.6) is 5.75 Å². The highest BCUT2D eigenvalue weighted by atomic mass is 19.4. The normalized spacial score (nSPS) is 13.3. The number of hydrogen-bond donors (Lipinski definition) is 1. The highest BCUT2D eigenvalue weighted by Crippen LogP contribution is 2.31. The first kappa shape index (κ1) is 18.9. The average molecular weight is 381 g/mol. The second-order valence-corrected chi connectivity index (χ2v) is 6.20. The molecule has 1 aliphatic rings. The summed E-state index contributed by atoms with van der Waals surface area (Å²) in [5.74, 6) is -0.543.